The molecule has 0 unspecified atom stereocenters. The maximum Gasteiger partial charge on any atom is 0.379 e. The number of hydrogen-bond donors (Lipinski definition) is 1. The largest absolute Gasteiger partial charge is 0.502 e. The number of fused-ring (bicyclic) bond motifs is 3. The lowest BCUT2D eigenvalue weighted by Gasteiger charge is -2.02. The highest BCUT2D eigenvalue weighted by molar-refractivity contribution is 6.03. The van der Waals surface area contributed by atoms with E-state index >= 15 is 0 Å². The van der Waals surface area contributed by atoms with Crippen molar-refractivity contribution in [1.82, 2.24) is 0 Å². The number of furan rings is 1. The van der Waals surface area contributed by atoms with Gasteiger partial charge in [-0.25, -0.2) is 4.79 Å². The van der Waals surface area contributed by atoms with Crippen LogP contribution in [0.1, 0.15) is 5.56 Å². The maximum absolute atomic E-state index is 11.4. The van der Waals surface area contributed by atoms with Gasteiger partial charge in [-0.05, 0) is 25.1 Å². The van der Waals surface area contributed by atoms with E-state index < -0.39 is 5.63 Å². The van der Waals surface area contributed by atoms with Crippen LogP contribution in [0.3, 0.4) is 0 Å². The van der Waals surface area contributed by atoms with Crippen molar-refractivity contribution in [2.75, 3.05) is 0 Å². The van der Waals surface area contributed by atoms with Crippen LogP contribution >= 0.6 is 0 Å². The Balaban J connectivity index is 2.66. The van der Waals surface area contributed by atoms with Crippen LogP contribution in [0.4, 0.5) is 0 Å². The van der Waals surface area contributed by atoms with Crippen molar-refractivity contribution >= 4 is 21.9 Å². The summed E-state index contributed by atoms with van der Waals surface area (Å²) in [5, 5.41) is 10.9. The van der Waals surface area contributed by atoms with Gasteiger partial charge < -0.3 is 13.9 Å². The summed E-state index contributed by atoms with van der Waals surface area (Å²) in [6, 6.07) is 5.28. The lowest BCUT2D eigenvalue weighted by atomic mass is 10.1. The minimum absolute atomic E-state index is 0.338. The van der Waals surface area contributed by atoms with Crippen molar-refractivity contribution in [3.63, 3.8) is 0 Å². The molecule has 4 nitrogen and oxygen atoms in total. The highest BCUT2D eigenvalue weighted by atomic mass is 16.4. The first-order valence-electron chi connectivity index (χ1n) is 4.81. The zero-order valence-electron chi connectivity index (χ0n) is 8.48. The molecule has 1 N–H and O–H groups in total. The summed E-state index contributed by atoms with van der Waals surface area (Å²) in [6.07, 6.45) is 1.53. The van der Waals surface area contributed by atoms with E-state index in [4.69, 9.17) is 8.83 Å². The topological polar surface area (TPSA) is 63.6 Å². The van der Waals surface area contributed by atoms with Crippen molar-refractivity contribution in [1.29, 1.82) is 0 Å². The van der Waals surface area contributed by atoms with Gasteiger partial charge in [0.25, 0.3) is 0 Å². The van der Waals surface area contributed by atoms with Gasteiger partial charge in [-0.2, -0.15) is 0 Å². The second-order valence-corrected chi connectivity index (χ2v) is 3.64. The van der Waals surface area contributed by atoms with E-state index in [-0.39, 0.29) is 5.75 Å². The van der Waals surface area contributed by atoms with Gasteiger partial charge in [-0.3, -0.25) is 0 Å². The summed E-state index contributed by atoms with van der Waals surface area (Å²) in [5.74, 6) is -0.338. The predicted octanol–water partition coefficient (Wildman–Crippen LogP) is 2.55. The summed E-state index contributed by atoms with van der Waals surface area (Å²) >= 11 is 0. The molecule has 0 amide bonds. The monoisotopic (exact) mass is 216 g/mol. The summed E-state index contributed by atoms with van der Waals surface area (Å²) in [6.45, 7) is 1.68. The van der Waals surface area contributed by atoms with Crippen LogP contribution in [-0.2, 0) is 0 Å². The Morgan fingerprint density at radius 2 is 2.00 bits per heavy atom. The van der Waals surface area contributed by atoms with Crippen molar-refractivity contribution in [3.8, 4) is 5.75 Å². The Hall–Kier alpha value is -2.23. The Labute approximate surface area is 89.7 Å². The van der Waals surface area contributed by atoms with E-state index in [2.05, 4.69) is 0 Å². The molecule has 80 valence electrons. The fraction of sp³-hybridized carbons (Fsp3) is 0.0833. The van der Waals surface area contributed by atoms with Crippen LogP contribution in [0.15, 0.2) is 38.1 Å². The molecule has 0 atom stereocenters. The minimum Gasteiger partial charge on any atom is -0.502 e. The number of aromatic hydroxyl groups is 1. The Kier molecular flexibility index (Phi) is 1.63. The third-order valence-electron chi connectivity index (χ3n) is 2.73. The SMILES string of the molecule is Cc1c(O)c(=O)oc2c1ccc1occc12. The first-order chi connectivity index (χ1) is 7.68. The molecule has 0 saturated heterocycles. The van der Waals surface area contributed by atoms with E-state index in [9.17, 15) is 9.90 Å². The average Bonchev–Trinajstić information content (AvgIpc) is 2.74. The van der Waals surface area contributed by atoms with E-state index in [0.29, 0.717) is 22.1 Å². The van der Waals surface area contributed by atoms with Gasteiger partial charge in [0.05, 0.1) is 11.6 Å². The molecule has 0 radical (unpaired) electrons. The van der Waals surface area contributed by atoms with Crippen molar-refractivity contribution < 1.29 is 13.9 Å². The van der Waals surface area contributed by atoms with Gasteiger partial charge in [0.15, 0.2) is 0 Å². The van der Waals surface area contributed by atoms with Gasteiger partial charge in [0, 0.05) is 10.9 Å². The van der Waals surface area contributed by atoms with Crippen LogP contribution in [-0.4, -0.2) is 5.11 Å². The molecular formula is C12H8O4. The molecule has 0 aliphatic carbocycles. The highest BCUT2D eigenvalue weighted by Crippen LogP contribution is 2.29. The standard InChI is InChI=1S/C12H8O4/c1-6-7-2-3-9-8(4-5-15-9)11(7)16-12(14)10(6)13/h2-5,13H,1H3. The smallest absolute Gasteiger partial charge is 0.379 e. The van der Waals surface area contributed by atoms with Gasteiger partial charge in [-0.15, -0.1) is 0 Å². The van der Waals surface area contributed by atoms with Gasteiger partial charge in [0.2, 0.25) is 5.75 Å². The fourth-order valence-corrected chi connectivity index (χ4v) is 1.84. The van der Waals surface area contributed by atoms with Gasteiger partial charge in [0.1, 0.15) is 11.2 Å². The molecule has 4 heteroatoms. The minimum atomic E-state index is -0.723. The van der Waals surface area contributed by atoms with Gasteiger partial charge in [-0.1, -0.05) is 0 Å². The molecule has 16 heavy (non-hydrogen) atoms. The lowest BCUT2D eigenvalue weighted by molar-refractivity contribution is 0.425. The molecule has 0 aliphatic heterocycles. The maximum atomic E-state index is 11.4. The zero-order valence-corrected chi connectivity index (χ0v) is 8.48. The molecule has 2 aromatic heterocycles. The zero-order chi connectivity index (χ0) is 11.3. The van der Waals surface area contributed by atoms with Crippen molar-refractivity contribution in [2.45, 2.75) is 6.92 Å². The van der Waals surface area contributed by atoms with E-state index in [1.807, 2.05) is 0 Å². The van der Waals surface area contributed by atoms with E-state index in [1.54, 1.807) is 25.1 Å². The third kappa shape index (κ3) is 1.01. The number of hydrogen-bond acceptors (Lipinski definition) is 4. The molecule has 2 heterocycles. The molecule has 0 saturated carbocycles. The number of rotatable bonds is 0. The molecule has 0 bridgehead atoms. The fourth-order valence-electron chi connectivity index (χ4n) is 1.84. The molecule has 3 aromatic rings. The van der Waals surface area contributed by atoms with Gasteiger partial charge >= 0.3 is 5.63 Å². The van der Waals surface area contributed by atoms with Crippen LogP contribution in [0.2, 0.25) is 0 Å². The molecule has 0 fully saturated rings. The summed E-state index contributed by atoms with van der Waals surface area (Å²) in [4.78, 5) is 11.4. The molecule has 0 aliphatic rings. The number of benzene rings is 1. The Morgan fingerprint density at radius 3 is 2.81 bits per heavy atom. The van der Waals surface area contributed by atoms with Crippen molar-refractivity contribution in [2.24, 2.45) is 0 Å². The Morgan fingerprint density at radius 1 is 1.19 bits per heavy atom. The first-order valence-corrected chi connectivity index (χ1v) is 4.81. The van der Waals surface area contributed by atoms with E-state index in [0.717, 1.165) is 5.39 Å². The average molecular weight is 216 g/mol. The van der Waals surface area contributed by atoms with Crippen molar-refractivity contribution in [3.05, 3.63) is 40.4 Å². The Bertz CT molecular complexity index is 749. The second kappa shape index (κ2) is 2.88. The van der Waals surface area contributed by atoms with Crippen LogP contribution in [0.25, 0.3) is 21.9 Å². The molecule has 3 rings (SSSR count). The van der Waals surface area contributed by atoms with Crippen LogP contribution in [0, 0.1) is 6.92 Å². The van der Waals surface area contributed by atoms with Crippen LogP contribution in [0.5, 0.6) is 5.75 Å². The third-order valence-corrected chi connectivity index (χ3v) is 2.73. The predicted molar refractivity (Wildman–Crippen MR) is 58.7 cm³/mol. The summed E-state index contributed by atoms with van der Waals surface area (Å²) in [5.41, 5.74) is 0.903. The molecule has 0 spiro atoms. The van der Waals surface area contributed by atoms with Crippen LogP contribution < -0.4 is 5.63 Å². The quantitative estimate of drug-likeness (QED) is 0.586. The number of aryl methyl sites for hydroxylation is 1. The summed E-state index contributed by atoms with van der Waals surface area (Å²) in [7, 11) is 0. The first kappa shape index (κ1) is 9.03. The summed E-state index contributed by atoms with van der Waals surface area (Å²) < 4.78 is 10.3. The molecule has 1 aromatic carbocycles. The highest BCUT2D eigenvalue weighted by Gasteiger charge is 2.12. The molecular weight excluding hydrogens is 208 g/mol. The van der Waals surface area contributed by atoms with E-state index in [1.165, 1.54) is 6.26 Å². The second-order valence-electron chi connectivity index (χ2n) is 3.64. The normalized spacial score (nSPS) is 11.3. The lowest BCUT2D eigenvalue weighted by Crippen LogP contribution is -2.00.